The molecule has 2 fully saturated rings. The number of urea groups is 1. The number of hydrogen-bond acceptors (Lipinski definition) is 6. The van der Waals surface area contributed by atoms with Gasteiger partial charge in [0.1, 0.15) is 5.82 Å². The predicted octanol–water partition coefficient (Wildman–Crippen LogP) is 1.99. The molecule has 2 aromatic carbocycles. The Kier molecular flexibility index (Phi) is 5.78. The van der Waals surface area contributed by atoms with Gasteiger partial charge in [-0.2, -0.15) is 0 Å². The molecular weight excluding hydrogens is 467 g/mol. The first kappa shape index (κ1) is 23.9. The molecule has 0 saturated carbocycles. The van der Waals surface area contributed by atoms with Gasteiger partial charge in [-0.15, -0.1) is 0 Å². The highest BCUT2D eigenvalue weighted by Gasteiger charge is 2.62. The number of nitrogens with zero attached hydrogens (tertiary/aromatic N) is 2. The summed E-state index contributed by atoms with van der Waals surface area (Å²) < 4.78 is 19.2. The number of nitrogens with one attached hydrogen (secondary N) is 2. The third-order valence-corrected chi connectivity index (χ3v) is 7.24. The highest BCUT2D eigenvalue weighted by atomic mass is 19.1. The first-order valence-corrected chi connectivity index (χ1v) is 11.8. The lowest BCUT2D eigenvalue weighted by molar-refractivity contribution is -0.153. The van der Waals surface area contributed by atoms with Crippen LogP contribution in [0.3, 0.4) is 0 Å². The monoisotopic (exact) mass is 494 g/mol. The van der Waals surface area contributed by atoms with Gasteiger partial charge in [0.05, 0.1) is 18.2 Å². The van der Waals surface area contributed by atoms with E-state index in [0.717, 1.165) is 11.3 Å². The molecule has 188 valence electrons. The Hall–Kier alpha value is -3.79. The van der Waals surface area contributed by atoms with Crippen molar-refractivity contribution in [2.45, 2.75) is 45.1 Å². The van der Waals surface area contributed by atoms with Crippen LogP contribution in [0.5, 0.6) is 0 Å². The van der Waals surface area contributed by atoms with Crippen molar-refractivity contribution in [2.75, 3.05) is 18.5 Å². The number of anilines is 1. The summed E-state index contributed by atoms with van der Waals surface area (Å²) in [5.74, 6) is -1.95. The normalized spacial score (nSPS) is 24.5. The number of imide groups is 2. The fourth-order valence-electron chi connectivity index (χ4n) is 5.74. The quantitative estimate of drug-likeness (QED) is 0.632. The summed E-state index contributed by atoms with van der Waals surface area (Å²) in [6.07, 6.45) is -0.604. The second kappa shape index (κ2) is 8.70. The van der Waals surface area contributed by atoms with Gasteiger partial charge in [-0.3, -0.25) is 25.0 Å². The highest BCUT2D eigenvalue weighted by Crippen LogP contribution is 2.46. The summed E-state index contributed by atoms with van der Waals surface area (Å²) in [4.78, 5) is 55.1. The summed E-state index contributed by atoms with van der Waals surface area (Å²) in [6.45, 7) is 4.46. The minimum absolute atomic E-state index is 0.0132. The number of ether oxygens (including phenoxy) is 1. The van der Waals surface area contributed by atoms with Crippen LogP contribution in [-0.4, -0.2) is 60.5 Å². The summed E-state index contributed by atoms with van der Waals surface area (Å²) >= 11 is 0. The number of halogens is 1. The zero-order valence-electron chi connectivity index (χ0n) is 20.2. The van der Waals surface area contributed by atoms with Gasteiger partial charge >= 0.3 is 6.03 Å². The minimum Gasteiger partial charge on any atom is -0.372 e. The van der Waals surface area contributed by atoms with E-state index in [0.29, 0.717) is 17.7 Å². The van der Waals surface area contributed by atoms with Gasteiger partial charge in [0, 0.05) is 31.4 Å². The lowest BCUT2D eigenvalue weighted by Crippen LogP contribution is -2.75. The Morgan fingerprint density at radius 3 is 2.44 bits per heavy atom. The topological polar surface area (TPSA) is 108 Å². The number of carbonyl (C=O) groups excluding carboxylic acids is 4. The highest BCUT2D eigenvalue weighted by molar-refractivity contribution is 6.20. The maximum Gasteiger partial charge on any atom is 0.328 e. The van der Waals surface area contributed by atoms with Crippen LogP contribution in [0.2, 0.25) is 0 Å². The molecule has 5 rings (SSSR count). The SMILES string of the molecule is C[C@@H]1CN2c3ccc(C(=O)N(C)Cc4ccc(F)cc4)cc3CC3(C(=O)NC(=O)NC3=O)[C@H]2[C@H](C)O1. The van der Waals surface area contributed by atoms with Crippen molar-refractivity contribution in [1.29, 1.82) is 0 Å². The van der Waals surface area contributed by atoms with Crippen molar-refractivity contribution in [3.8, 4) is 0 Å². The van der Waals surface area contributed by atoms with Crippen molar-refractivity contribution in [3.05, 3.63) is 65.0 Å². The first-order valence-electron chi connectivity index (χ1n) is 11.8. The van der Waals surface area contributed by atoms with Crippen LogP contribution in [0.1, 0.15) is 35.3 Å². The van der Waals surface area contributed by atoms with Gasteiger partial charge in [0.15, 0.2) is 5.41 Å². The second-order valence-corrected chi connectivity index (χ2v) is 9.77. The van der Waals surface area contributed by atoms with Gasteiger partial charge < -0.3 is 14.5 Å². The van der Waals surface area contributed by atoms with Crippen LogP contribution in [-0.2, 0) is 27.3 Å². The molecule has 1 spiro atoms. The number of hydrogen-bond donors (Lipinski definition) is 2. The third-order valence-electron chi connectivity index (χ3n) is 7.24. The average Bonchev–Trinajstić information content (AvgIpc) is 2.82. The molecule has 2 aromatic rings. The third kappa shape index (κ3) is 3.81. The fourth-order valence-corrected chi connectivity index (χ4v) is 5.74. The van der Waals surface area contributed by atoms with Crippen LogP contribution >= 0.6 is 0 Å². The lowest BCUT2D eigenvalue weighted by Gasteiger charge is -2.55. The van der Waals surface area contributed by atoms with E-state index in [-0.39, 0.29) is 30.8 Å². The number of morpholine rings is 1. The van der Waals surface area contributed by atoms with E-state index in [9.17, 15) is 23.6 Å². The van der Waals surface area contributed by atoms with Crippen LogP contribution in [0.4, 0.5) is 14.9 Å². The van der Waals surface area contributed by atoms with Gasteiger partial charge in [0.2, 0.25) is 11.8 Å². The standard InChI is InChI=1S/C26H27FN4O5/c1-14-12-31-20-9-6-17(22(32)30(3)13-16-4-7-19(27)8-5-16)10-18(20)11-26(21(31)15(2)36-14)23(33)28-25(35)29-24(26)34/h4-10,14-15,21H,11-13H2,1-3H3,(H2,28,29,33,34,35)/t14-,15+,21-/m1/s1. The predicted molar refractivity (Wildman–Crippen MR) is 128 cm³/mol. The average molecular weight is 495 g/mol. The Morgan fingerprint density at radius 1 is 1.11 bits per heavy atom. The van der Waals surface area contributed by atoms with Crippen molar-refractivity contribution in [1.82, 2.24) is 15.5 Å². The molecule has 0 aliphatic carbocycles. The van der Waals surface area contributed by atoms with E-state index in [2.05, 4.69) is 10.6 Å². The van der Waals surface area contributed by atoms with Crippen molar-refractivity contribution < 1.29 is 28.3 Å². The van der Waals surface area contributed by atoms with Gasteiger partial charge in [-0.1, -0.05) is 12.1 Å². The maximum absolute atomic E-state index is 13.3. The van der Waals surface area contributed by atoms with E-state index >= 15 is 0 Å². The molecule has 0 bridgehead atoms. The molecule has 0 unspecified atom stereocenters. The Morgan fingerprint density at radius 2 is 1.78 bits per heavy atom. The molecule has 2 saturated heterocycles. The number of barbiturate groups is 1. The summed E-state index contributed by atoms with van der Waals surface area (Å²) in [6, 6.07) is 9.73. The molecular formula is C26H27FN4O5. The molecule has 5 amide bonds. The largest absolute Gasteiger partial charge is 0.372 e. The molecule has 36 heavy (non-hydrogen) atoms. The summed E-state index contributed by atoms with van der Waals surface area (Å²) in [7, 11) is 1.65. The van der Waals surface area contributed by atoms with Crippen molar-refractivity contribution >= 4 is 29.4 Å². The van der Waals surface area contributed by atoms with E-state index in [1.54, 1.807) is 31.3 Å². The van der Waals surface area contributed by atoms with Crippen LogP contribution in [0.15, 0.2) is 42.5 Å². The smallest absolute Gasteiger partial charge is 0.328 e. The molecule has 10 heteroatoms. The van der Waals surface area contributed by atoms with E-state index in [1.807, 2.05) is 24.8 Å². The molecule has 3 aliphatic rings. The van der Waals surface area contributed by atoms with Gasteiger partial charge in [0.25, 0.3) is 5.91 Å². The number of fused-ring (bicyclic) bond motifs is 4. The lowest BCUT2D eigenvalue weighted by atomic mass is 9.66. The molecule has 9 nitrogen and oxygen atoms in total. The molecule has 3 atom stereocenters. The number of amides is 5. The maximum atomic E-state index is 13.3. The summed E-state index contributed by atoms with van der Waals surface area (Å²) in [5.41, 5.74) is 1.07. The van der Waals surface area contributed by atoms with E-state index in [4.69, 9.17) is 4.74 Å². The molecule has 0 aromatic heterocycles. The van der Waals surface area contributed by atoms with Crippen LogP contribution < -0.4 is 15.5 Å². The van der Waals surface area contributed by atoms with Gasteiger partial charge in [-0.05, 0) is 61.7 Å². The summed E-state index contributed by atoms with van der Waals surface area (Å²) in [5, 5.41) is 4.52. The molecule has 3 aliphatic heterocycles. The molecule has 2 N–H and O–H groups in total. The Labute approximate surface area is 207 Å². The zero-order valence-corrected chi connectivity index (χ0v) is 20.2. The number of rotatable bonds is 3. The van der Waals surface area contributed by atoms with Crippen molar-refractivity contribution in [2.24, 2.45) is 5.41 Å². The molecule has 3 heterocycles. The Balaban J connectivity index is 1.51. The first-order chi connectivity index (χ1) is 17.1. The van der Waals surface area contributed by atoms with Crippen LogP contribution in [0, 0.1) is 11.2 Å². The fraction of sp³-hybridized carbons (Fsp3) is 0.385. The minimum atomic E-state index is -1.60. The van der Waals surface area contributed by atoms with E-state index in [1.165, 1.54) is 17.0 Å². The number of carbonyl (C=O) groups is 4. The zero-order chi connectivity index (χ0) is 25.8. The van der Waals surface area contributed by atoms with Crippen LogP contribution in [0.25, 0.3) is 0 Å². The number of benzene rings is 2. The van der Waals surface area contributed by atoms with Gasteiger partial charge in [-0.25, -0.2) is 9.18 Å². The molecule has 0 radical (unpaired) electrons. The van der Waals surface area contributed by atoms with E-state index < -0.39 is 35.4 Å². The second-order valence-electron chi connectivity index (χ2n) is 9.77. The Bertz CT molecular complexity index is 1240. The van der Waals surface area contributed by atoms with Crippen molar-refractivity contribution in [3.63, 3.8) is 0 Å².